The molecule has 0 aromatic heterocycles. The molecule has 0 saturated heterocycles. The SMILES string of the molecule is CCOc1ccc(S(=O)(=O)N(CC(=O)N(Cc2ccccc2C)[C@@H](C)C(=O)NCC(C)C)c2ccc(C)cc2)cc1. The summed E-state index contributed by atoms with van der Waals surface area (Å²) in [5.41, 5.74) is 3.15. The smallest absolute Gasteiger partial charge is 0.264 e. The number of hydrogen-bond donors (Lipinski definition) is 1. The monoisotopic (exact) mass is 579 g/mol. The molecule has 0 bridgehead atoms. The average Bonchev–Trinajstić information content (AvgIpc) is 2.94. The molecule has 2 amide bonds. The van der Waals surface area contributed by atoms with E-state index < -0.39 is 28.5 Å². The maximum atomic E-state index is 14.0. The number of nitrogens with zero attached hydrogens (tertiary/aromatic N) is 2. The molecule has 0 unspecified atom stereocenters. The van der Waals surface area contributed by atoms with Crippen molar-refractivity contribution in [3.63, 3.8) is 0 Å². The fourth-order valence-corrected chi connectivity index (χ4v) is 5.66. The van der Waals surface area contributed by atoms with Gasteiger partial charge < -0.3 is 15.0 Å². The molecule has 0 aliphatic carbocycles. The van der Waals surface area contributed by atoms with Crippen LogP contribution in [0.4, 0.5) is 5.69 Å². The number of anilines is 1. The minimum Gasteiger partial charge on any atom is -0.494 e. The van der Waals surface area contributed by atoms with Gasteiger partial charge in [-0.2, -0.15) is 0 Å². The number of benzene rings is 3. The zero-order valence-corrected chi connectivity index (χ0v) is 25.6. The summed E-state index contributed by atoms with van der Waals surface area (Å²) >= 11 is 0. The van der Waals surface area contributed by atoms with Crippen LogP contribution in [-0.4, -0.2) is 50.9 Å². The summed E-state index contributed by atoms with van der Waals surface area (Å²) in [4.78, 5) is 28.6. The van der Waals surface area contributed by atoms with Gasteiger partial charge in [-0.3, -0.25) is 13.9 Å². The lowest BCUT2D eigenvalue weighted by Crippen LogP contribution is -2.51. The molecule has 1 atom stereocenters. The van der Waals surface area contributed by atoms with Crippen molar-refractivity contribution in [1.82, 2.24) is 10.2 Å². The second-order valence-electron chi connectivity index (χ2n) is 10.5. The van der Waals surface area contributed by atoms with Crippen LogP contribution in [0.15, 0.2) is 77.7 Å². The minimum atomic E-state index is -4.15. The largest absolute Gasteiger partial charge is 0.494 e. The summed E-state index contributed by atoms with van der Waals surface area (Å²) < 4.78 is 34.5. The van der Waals surface area contributed by atoms with Crippen LogP contribution < -0.4 is 14.4 Å². The van der Waals surface area contributed by atoms with Crippen LogP contribution in [-0.2, 0) is 26.2 Å². The Morgan fingerprint density at radius 2 is 1.54 bits per heavy atom. The van der Waals surface area contributed by atoms with E-state index in [9.17, 15) is 18.0 Å². The minimum absolute atomic E-state index is 0.0301. The molecule has 1 N–H and O–H groups in total. The van der Waals surface area contributed by atoms with Crippen LogP contribution >= 0.6 is 0 Å². The highest BCUT2D eigenvalue weighted by Gasteiger charge is 2.32. The van der Waals surface area contributed by atoms with E-state index in [2.05, 4.69) is 5.32 Å². The maximum absolute atomic E-state index is 14.0. The summed E-state index contributed by atoms with van der Waals surface area (Å²) in [6, 6.07) is 19.9. The zero-order valence-electron chi connectivity index (χ0n) is 24.8. The van der Waals surface area contributed by atoms with Crippen molar-refractivity contribution in [2.45, 2.75) is 59.0 Å². The van der Waals surface area contributed by atoms with Gasteiger partial charge in [0.05, 0.1) is 17.2 Å². The van der Waals surface area contributed by atoms with Gasteiger partial charge in [-0.15, -0.1) is 0 Å². The van der Waals surface area contributed by atoms with Gasteiger partial charge in [-0.25, -0.2) is 8.42 Å². The number of aryl methyl sites for hydroxylation is 2. The Morgan fingerprint density at radius 1 is 0.902 bits per heavy atom. The number of carbonyl (C=O) groups is 2. The van der Waals surface area contributed by atoms with E-state index in [-0.39, 0.29) is 23.3 Å². The lowest BCUT2D eigenvalue weighted by molar-refractivity contribution is -0.139. The fourth-order valence-electron chi connectivity index (χ4n) is 4.25. The van der Waals surface area contributed by atoms with Gasteiger partial charge in [-0.1, -0.05) is 55.8 Å². The number of sulfonamides is 1. The quantitative estimate of drug-likeness (QED) is 0.305. The standard InChI is InChI=1S/C32H41N3O5S/c1-7-40-29-16-18-30(19-17-29)41(38,39)35(28-14-12-24(4)13-15-28)22-31(36)34(21-27-11-9-8-10-25(27)5)26(6)32(37)33-20-23(2)3/h8-19,23,26H,7,20-22H2,1-6H3,(H,33,37)/t26-/m0/s1. The Balaban J connectivity index is 2.01. The lowest BCUT2D eigenvalue weighted by Gasteiger charge is -2.32. The van der Waals surface area contributed by atoms with Crippen molar-refractivity contribution in [2.24, 2.45) is 5.92 Å². The van der Waals surface area contributed by atoms with Crippen LogP contribution in [0.5, 0.6) is 5.75 Å². The summed E-state index contributed by atoms with van der Waals surface area (Å²) in [5.74, 6) is 0.00503. The van der Waals surface area contributed by atoms with Crippen LogP contribution in [0.3, 0.4) is 0 Å². The number of amides is 2. The highest BCUT2D eigenvalue weighted by Crippen LogP contribution is 2.26. The summed E-state index contributed by atoms with van der Waals surface area (Å²) in [6.45, 7) is 12.0. The van der Waals surface area contributed by atoms with Crippen molar-refractivity contribution >= 4 is 27.5 Å². The summed E-state index contributed by atoms with van der Waals surface area (Å²) in [5, 5.41) is 2.90. The number of rotatable bonds is 13. The first kappa shape index (κ1) is 31.7. The van der Waals surface area contributed by atoms with Crippen LogP contribution in [0.1, 0.15) is 44.4 Å². The van der Waals surface area contributed by atoms with Gasteiger partial charge in [0.15, 0.2) is 0 Å². The first-order valence-corrected chi connectivity index (χ1v) is 15.3. The molecule has 3 aromatic rings. The van der Waals surface area contributed by atoms with E-state index in [0.717, 1.165) is 21.0 Å². The third kappa shape index (κ3) is 8.33. The van der Waals surface area contributed by atoms with Crippen molar-refractivity contribution < 1.29 is 22.7 Å². The first-order valence-electron chi connectivity index (χ1n) is 13.9. The van der Waals surface area contributed by atoms with Gasteiger partial charge >= 0.3 is 0 Å². The fraction of sp³-hybridized carbons (Fsp3) is 0.375. The maximum Gasteiger partial charge on any atom is 0.264 e. The van der Waals surface area contributed by atoms with Crippen molar-refractivity contribution in [3.8, 4) is 5.75 Å². The average molecular weight is 580 g/mol. The first-order chi connectivity index (χ1) is 19.4. The molecular formula is C32H41N3O5S. The predicted octanol–water partition coefficient (Wildman–Crippen LogP) is 5.09. The summed E-state index contributed by atoms with van der Waals surface area (Å²) in [6.07, 6.45) is 0. The molecule has 0 fully saturated rings. The summed E-state index contributed by atoms with van der Waals surface area (Å²) in [7, 11) is -4.15. The van der Waals surface area contributed by atoms with Crippen molar-refractivity contribution in [2.75, 3.05) is 24.0 Å². The van der Waals surface area contributed by atoms with Gasteiger partial charge in [0.25, 0.3) is 10.0 Å². The third-order valence-corrected chi connectivity index (χ3v) is 8.57. The van der Waals surface area contributed by atoms with Gasteiger partial charge in [0.2, 0.25) is 11.8 Å². The van der Waals surface area contributed by atoms with Crippen LogP contribution in [0.25, 0.3) is 0 Å². The van der Waals surface area contributed by atoms with Gasteiger partial charge in [0.1, 0.15) is 18.3 Å². The molecule has 9 heteroatoms. The molecule has 41 heavy (non-hydrogen) atoms. The van der Waals surface area contributed by atoms with E-state index in [0.29, 0.717) is 24.6 Å². The van der Waals surface area contributed by atoms with Gasteiger partial charge in [-0.05, 0) is 81.1 Å². The molecule has 3 aromatic carbocycles. The van der Waals surface area contributed by atoms with E-state index >= 15 is 0 Å². The highest BCUT2D eigenvalue weighted by atomic mass is 32.2. The molecule has 0 aliphatic rings. The van der Waals surface area contributed by atoms with E-state index in [1.807, 2.05) is 58.9 Å². The Kier molecular flexibility index (Phi) is 10.9. The molecule has 0 aliphatic heterocycles. The number of nitrogens with one attached hydrogen (secondary N) is 1. The number of hydrogen-bond acceptors (Lipinski definition) is 5. The van der Waals surface area contributed by atoms with E-state index in [1.54, 1.807) is 43.3 Å². The highest BCUT2D eigenvalue weighted by molar-refractivity contribution is 7.92. The third-order valence-electron chi connectivity index (χ3n) is 6.78. The molecule has 3 rings (SSSR count). The normalized spacial score (nSPS) is 12.1. The molecule has 8 nitrogen and oxygen atoms in total. The predicted molar refractivity (Wildman–Crippen MR) is 162 cm³/mol. The second-order valence-corrected chi connectivity index (χ2v) is 12.4. The van der Waals surface area contributed by atoms with Crippen LogP contribution in [0, 0.1) is 19.8 Å². The molecular weight excluding hydrogens is 538 g/mol. The lowest BCUT2D eigenvalue weighted by atomic mass is 10.1. The Bertz CT molecular complexity index is 1420. The molecule has 0 saturated carbocycles. The van der Waals surface area contributed by atoms with Gasteiger partial charge in [0, 0.05) is 13.1 Å². The van der Waals surface area contributed by atoms with Crippen molar-refractivity contribution in [1.29, 1.82) is 0 Å². The molecule has 0 spiro atoms. The molecule has 0 heterocycles. The van der Waals surface area contributed by atoms with E-state index in [1.165, 1.54) is 17.0 Å². The second kappa shape index (κ2) is 14.2. The number of carbonyl (C=O) groups excluding carboxylic acids is 2. The van der Waals surface area contributed by atoms with Crippen molar-refractivity contribution in [3.05, 3.63) is 89.5 Å². The van der Waals surface area contributed by atoms with E-state index in [4.69, 9.17) is 4.74 Å². The molecule has 0 radical (unpaired) electrons. The Labute approximate surface area is 244 Å². The molecule has 220 valence electrons. The zero-order chi connectivity index (χ0) is 30.2. The van der Waals surface area contributed by atoms with Crippen LogP contribution in [0.2, 0.25) is 0 Å². The Hall–Kier alpha value is -3.85. The topological polar surface area (TPSA) is 96.0 Å². The Morgan fingerprint density at radius 3 is 2.12 bits per heavy atom. The number of ether oxygens (including phenoxy) is 1.